The zero-order chi connectivity index (χ0) is 34.4. The molecule has 5 fully saturated rings. The minimum absolute atomic E-state index is 0.0427. The van der Waals surface area contributed by atoms with Crippen molar-refractivity contribution < 1.29 is 24.2 Å². The molecule has 1 unspecified atom stereocenters. The van der Waals surface area contributed by atoms with Crippen molar-refractivity contribution in [2.24, 2.45) is 56.2 Å². The van der Waals surface area contributed by atoms with E-state index in [1.807, 2.05) is 0 Å². The normalized spacial score (nSPS) is 41.4. The first-order valence-corrected chi connectivity index (χ1v) is 19.3. The number of nitrogens with one attached hydrogen (secondary N) is 1. The lowest BCUT2D eigenvalue weighted by molar-refractivity contribution is -0.233. The SMILES string of the molecule is CC(C)C1=C2[C@H]3CCC4[C@@]5(C)CC[C@H](OC(=O)CC(C)(C)C(=O)O)C(C)(C)[C@H]5CC[C@@]4(C)[C@]3(C)CC[C@@]2(CCNC2CCC2)CC1=O. The van der Waals surface area contributed by atoms with Crippen LogP contribution in [0.5, 0.6) is 0 Å². The summed E-state index contributed by atoms with van der Waals surface area (Å²) in [6.45, 7) is 21.2. The Balaban J connectivity index is 1.26. The van der Waals surface area contributed by atoms with Crippen molar-refractivity contribution >= 4 is 17.7 Å². The Bertz CT molecular complexity index is 1320. The van der Waals surface area contributed by atoms with Gasteiger partial charge in [-0.15, -0.1) is 0 Å². The average molecular weight is 652 g/mol. The van der Waals surface area contributed by atoms with Crippen LogP contribution in [0.3, 0.4) is 0 Å². The van der Waals surface area contributed by atoms with Gasteiger partial charge in [-0.25, -0.2) is 0 Å². The van der Waals surface area contributed by atoms with Crippen LogP contribution in [-0.2, 0) is 19.1 Å². The highest BCUT2D eigenvalue weighted by molar-refractivity contribution is 6.00. The van der Waals surface area contributed by atoms with Crippen molar-refractivity contribution in [1.29, 1.82) is 0 Å². The fourth-order valence-electron chi connectivity index (χ4n) is 13.0. The van der Waals surface area contributed by atoms with Gasteiger partial charge in [-0.1, -0.05) is 60.5 Å². The Kier molecular flexibility index (Phi) is 8.74. The van der Waals surface area contributed by atoms with E-state index in [1.165, 1.54) is 50.5 Å². The smallest absolute Gasteiger partial charge is 0.309 e. The van der Waals surface area contributed by atoms with Gasteiger partial charge in [0.25, 0.3) is 0 Å². The molecule has 6 aliphatic rings. The van der Waals surface area contributed by atoms with Crippen molar-refractivity contribution in [2.45, 2.75) is 164 Å². The third-order valence-electron chi connectivity index (χ3n) is 16.1. The number of carboxylic acids is 1. The summed E-state index contributed by atoms with van der Waals surface area (Å²) in [7, 11) is 0. The second-order valence-corrected chi connectivity index (χ2v) is 19.5. The van der Waals surface area contributed by atoms with Gasteiger partial charge in [0.2, 0.25) is 0 Å². The third-order valence-corrected chi connectivity index (χ3v) is 16.1. The van der Waals surface area contributed by atoms with Crippen molar-refractivity contribution in [3.8, 4) is 0 Å². The maximum absolute atomic E-state index is 13.9. The van der Waals surface area contributed by atoms with Gasteiger partial charge in [0.1, 0.15) is 6.10 Å². The van der Waals surface area contributed by atoms with E-state index in [2.05, 4.69) is 53.8 Å². The van der Waals surface area contributed by atoms with Gasteiger partial charge in [0.05, 0.1) is 11.8 Å². The molecule has 0 aromatic carbocycles. The number of carbonyl (C=O) groups excluding carboxylic acids is 2. The fourth-order valence-corrected chi connectivity index (χ4v) is 13.0. The molecular weight excluding hydrogens is 586 g/mol. The molecule has 0 bridgehead atoms. The lowest BCUT2D eigenvalue weighted by Crippen LogP contribution is -2.65. The summed E-state index contributed by atoms with van der Waals surface area (Å²) >= 11 is 0. The maximum atomic E-state index is 13.9. The maximum Gasteiger partial charge on any atom is 0.309 e. The number of allylic oxidation sites excluding steroid dienone is 2. The van der Waals surface area contributed by atoms with Gasteiger partial charge in [-0.3, -0.25) is 14.4 Å². The summed E-state index contributed by atoms with van der Waals surface area (Å²) in [5, 5.41) is 13.4. The van der Waals surface area contributed by atoms with Gasteiger partial charge < -0.3 is 15.2 Å². The fraction of sp³-hybridized carbons (Fsp3) is 0.878. The van der Waals surface area contributed by atoms with Crippen LogP contribution in [0, 0.1) is 56.2 Å². The van der Waals surface area contributed by atoms with Gasteiger partial charge in [0.15, 0.2) is 5.78 Å². The number of ketones is 1. The monoisotopic (exact) mass is 651 g/mol. The lowest BCUT2D eigenvalue weighted by Gasteiger charge is -2.72. The summed E-state index contributed by atoms with van der Waals surface area (Å²) in [5.41, 5.74) is 2.00. The Hall–Kier alpha value is -1.69. The van der Waals surface area contributed by atoms with Crippen LogP contribution in [0.25, 0.3) is 0 Å². The topological polar surface area (TPSA) is 92.7 Å². The molecule has 6 rings (SSSR count). The van der Waals surface area contributed by atoms with Gasteiger partial charge >= 0.3 is 11.9 Å². The lowest BCUT2D eigenvalue weighted by atomic mass is 9.33. The molecule has 2 N–H and O–H groups in total. The molecule has 5 saturated carbocycles. The number of ether oxygens (including phenoxy) is 1. The molecule has 8 atom stereocenters. The molecule has 0 aromatic rings. The van der Waals surface area contributed by atoms with Crippen LogP contribution >= 0.6 is 0 Å². The number of rotatable bonds is 9. The highest BCUT2D eigenvalue weighted by Gasteiger charge is 2.70. The molecule has 47 heavy (non-hydrogen) atoms. The number of carbonyl (C=O) groups is 3. The first-order chi connectivity index (χ1) is 21.8. The van der Waals surface area contributed by atoms with E-state index in [0.29, 0.717) is 29.6 Å². The summed E-state index contributed by atoms with van der Waals surface area (Å²) in [5.74, 6) is 0.863. The highest BCUT2D eigenvalue weighted by Crippen LogP contribution is 2.77. The Labute approximate surface area is 285 Å². The Morgan fingerprint density at radius 3 is 2.23 bits per heavy atom. The number of esters is 1. The van der Waals surface area contributed by atoms with Crippen molar-refractivity contribution in [1.82, 2.24) is 5.32 Å². The first-order valence-electron chi connectivity index (χ1n) is 19.3. The van der Waals surface area contributed by atoms with Crippen LogP contribution in [0.15, 0.2) is 11.1 Å². The predicted octanol–water partition coefficient (Wildman–Crippen LogP) is 8.91. The number of Topliss-reactive ketones (excluding diaryl/α,β-unsaturated/α-hetero) is 1. The molecule has 6 nitrogen and oxygen atoms in total. The van der Waals surface area contributed by atoms with Crippen molar-refractivity contribution in [3.63, 3.8) is 0 Å². The predicted molar refractivity (Wildman–Crippen MR) is 186 cm³/mol. The summed E-state index contributed by atoms with van der Waals surface area (Å²) in [6.07, 6.45) is 14.4. The average Bonchev–Trinajstić information content (AvgIpc) is 3.24. The zero-order valence-electron chi connectivity index (χ0n) is 31.2. The molecule has 0 amide bonds. The molecule has 0 radical (unpaired) electrons. The highest BCUT2D eigenvalue weighted by atomic mass is 16.5. The van der Waals surface area contributed by atoms with Crippen molar-refractivity contribution in [2.75, 3.05) is 6.54 Å². The molecule has 6 heteroatoms. The molecule has 264 valence electrons. The number of aliphatic carboxylic acids is 1. The summed E-state index contributed by atoms with van der Waals surface area (Å²) < 4.78 is 6.17. The van der Waals surface area contributed by atoms with Crippen LogP contribution in [0.1, 0.15) is 152 Å². The second kappa shape index (κ2) is 11.7. The molecular formula is C41H65NO5. The standard InChI is InChI=1S/C41H65NO5/c1-25(2)33-28(43)23-41(21-22-42-26-11-10-12-26)20-19-39(8)27(34(33)41)13-14-30-38(7)17-16-31(47-32(44)24-36(3,4)35(45)46)37(5,6)29(38)15-18-40(30,39)9/h25-27,29-31,42H,10-24H2,1-9H3,(H,45,46)/t27-,29-,30?,31+,38+,39-,40-,41-/m1/s1. The van der Waals surface area contributed by atoms with Crippen LogP contribution < -0.4 is 5.32 Å². The molecule has 0 spiro atoms. The van der Waals surface area contributed by atoms with E-state index >= 15 is 0 Å². The quantitative estimate of drug-likeness (QED) is 0.242. The van der Waals surface area contributed by atoms with Crippen LogP contribution in [0.4, 0.5) is 0 Å². The number of hydrogen-bond acceptors (Lipinski definition) is 5. The van der Waals surface area contributed by atoms with Crippen LogP contribution in [0.2, 0.25) is 0 Å². The molecule has 0 aromatic heterocycles. The van der Waals surface area contributed by atoms with E-state index in [9.17, 15) is 19.5 Å². The Morgan fingerprint density at radius 1 is 0.915 bits per heavy atom. The van der Waals surface area contributed by atoms with Crippen molar-refractivity contribution in [3.05, 3.63) is 11.1 Å². The van der Waals surface area contributed by atoms with Gasteiger partial charge in [-0.05, 0) is 137 Å². The minimum Gasteiger partial charge on any atom is -0.481 e. The Morgan fingerprint density at radius 2 is 1.62 bits per heavy atom. The zero-order valence-corrected chi connectivity index (χ0v) is 31.2. The van der Waals surface area contributed by atoms with E-state index in [1.54, 1.807) is 19.4 Å². The van der Waals surface area contributed by atoms with Gasteiger partial charge in [0, 0.05) is 23.3 Å². The second-order valence-electron chi connectivity index (χ2n) is 19.5. The van der Waals surface area contributed by atoms with E-state index in [-0.39, 0.29) is 51.5 Å². The van der Waals surface area contributed by atoms with E-state index in [0.717, 1.165) is 45.1 Å². The third kappa shape index (κ3) is 5.30. The summed E-state index contributed by atoms with van der Waals surface area (Å²) in [4.78, 5) is 38.6. The van der Waals surface area contributed by atoms with E-state index < -0.39 is 11.4 Å². The largest absolute Gasteiger partial charge is 0.481 e. The van der Waals surface area contributed by atoms with Gasteiger partial charge in [-0.2, -0.15) is 0 Å². The number of hydrogen-bond donors (Lipinski definition) is 2. The van der Waals surface area contributed by atoms with Crippen LogP contribution in [-0.4, -0.2) is 41.5 Å². The van der Waals surface area contributed by atoms with E-state index in [4.69, 9.17) is 4.74 Å². The first kappa shape index (κ1) is 35.1. The summed E-state index contributed by atoms with van der Waals surface area (Å²) in [6, 6.07) is 0.680. The molecule has 6 aliphatic carbocycles. The number of carboxylic acid groups (broad SMARTS) is 1. The molecule has 0 heterocycles. The molecule has 0 aliphatic heterocycles. The minimum atomic E-state index is -1.13. The molecule has 0 saturated heterocycles. The number of fused-ring (bicyclic) bond motifs is 7.